The maximum Gasteiger partial charge on any atom is 0.224 e. The van der Waals surface area contributed by atoms with Gasteiger partial charge >= 0.3 is 0 Å². The first-order valence-electron chi connectivity index (χ1n) is 7.62. The summed E-state index contributed by atoms with van der Waals surface area (Å²) < 4.78 is 5.51. The van der Waals surface area contributed by atoms with Gasteiger partial charge in [0.2, 0.25) is 5.91 Å². The molecule has 1 fully saturated rings. The maximum absolute atomic E-state index is 11.9. The molecular weight excluding hydrogens is 288 g/mol. The molecule has 1 unspecified atom stereocenters. The molecule has 0 saturated carbocycles. The summed E-state index contributed by atoms with van der Waals surface area (Å²) in [5.41, 5.74) is 0.721. The summed E-state index contributed by atoms with van der Waals surface area (Å²) in [6.07, 6.45) is 3.59. The summed E-state index contributed by atoms with van der Waals surface area (Å²) in [5, 5.41) is 6.73. The van der Waals surface area contributed by atoms with Crippen LogP contribution in [-0.4, -0.2) is 25.6 Å². The maximum atomic E-state index is 11.9. The Morgan fingerprint density at radius 1 is 1.52 bits per heavy atom. The Labute approximate surface area is 131 Å². The van der Waals surface area contributed by atoms with E-state index in [1.165, 1.54) is 6.42 Å². The number of nitrogens with one attached hydrogen (secondary N) is 2. The monoisotopic (exact) mass is 310 g/mol. The highest BCUT2D eigenvalue weighted by atomic mass is 35.5. The molecule has 4 nitrogen and oxygen atoms in total. The molecule has 1 saturated heterocycles. The molecule has 0 spiro atoms. The third-order valence-electron chi connectivity index (χ3n) is 3.62. The van der Waals surface area contributed by atoms with Crippen LogP contribution in [0.3, 0.4) is 0 Å². The third kappa shape index (κ3) is 5.21. The molecule has 1 aromatic rings. The lowest BCUT2D eigenvalue weighted by molar-refractivity contribution is -0.116. The molecule has 116 valence electrons. The summed E-state index contributed by atoms with van der Waals surface area (Å²) in [4.78, 5) is 11.9. The number of hydrogen-bond acceptors (Lipinski definition) is 3. The van der Waals surface area contributed by atoms with E-state index in [9.17, 15) is 4.79 Å². The van der Waals surface area contributed by atoms with Gasteiger partial charge in [0.05, 0.1) is 11.6 Å². The highest BCUT2D eigenvalue weighted by Crippen LogP contribution is 2.28. The average molecular weight is 311 g/mol. The highest BCUT2D eigenvalue weighted by molar-refractivity contribution is 6.32. The molecule has 21 heavy (non-hydrogen) atoms. The van der Waals surface area contributed by atoms with Crippen LogP contribution < -0.4 is 15.4 Å². The van der Waals surface area contributed by atoms with E-state index in [0.29, 0.717) is 29.7 Å². The fourth-order valence-electron chi connectivity index (χ4n) is 2.43. The number of halogens is 1. The molecular formula is C16H23ClN2O2. The van der Waals surface area contributed by atoms with E-state index < -0.39 is 0 Å². The van der Waals surface area contributed by atoms with Gasteiger partial charge in [-0.15, -0.1) is 0 Å². The molecule has 1 aliphatic rings. The number of ether oxygens (including phenoxy) is 1. The standard InChI is InChI=1S/C16H23ClN2O2/c1-2-9-21-15-5-4-13(10-14(15)17)19-16(20)6-3-12-7-8-18-11-12/h4-5,10,12,18H,2-3,6-9,11H2,1H3,(H,19,20). The Bertz CT molecular complexity index is 473. The molecule has 1 heterocycles. The largest absolute Gasteiger partial charge is 0.492 e. The predicted octanol–water partition coefficient (Wildman–Crippen LogP) is 3.46. The minimum Gasteiger partial charge on any atom is -0.492 e. The van der Waals surface area contributed by atoms with Gasteiger partial charge in [0.15, 0.2) is 0 Å². The molecule has 1 amide bonds. The van der Waals surface area contributed by atoms with E-state index >= 15 is 0 Å². The molecule has 0 bridgehead atoms. The number of hydrogen-bond donors (Lipinski definition) is 2. The van der Waals surface area contributed by atoms with Crippen molar-refractivity contribution in [3.63, 3.8) is 0 Å². The van der Waals surface area contributed by atoms with E-state index in [4.69, 9.17) is 16.3 Å². The lowest BCUT2D eigenvalue weighted by atomic mass is 10.0. The van der Waals surface area contributed by atoms with Gasteiger partial charge in [0.1, 0.15) is 5.75 Å². The van der Waals surface area contributed by atoms with Gasteiger partial charge in [-0.25, -0.2) is 0 Å². The van der Waals surface area contributed by atoms with Crippen LogP contribution in [0.4, 0.5) is 5.69 Å². The van der Waals surface area contributed by atoms with Gasteiger partial charge in [-0.1, -0.05) is 18.5 Å². The van der Waals surface area contributed by atoms with Gasteiger partial charge in [-0.05, 0) is 56.5 Å². The highest BCUT2D eigenvalue weighted by Gasteiger charge is 2.15. The fourth-order valence-corrected chi connectivity index (χ4v) is 2.66. The first-order chi connectivity index (χ1) is 10.2. The third-order valence-corrected chi connectivity index (χ3v) is 3.91. The van der Waals surface area contributed by atoms with Crippen molar-refractivity contribution < 1.29 is 9.53 Å². The number of amides is 1. The second-order valence-electron chi connectivity index (χ2n) is 5.44. The summed E-state index contributed by atoms with van der Waals surface area (Å²) >= 11 is 6.14. The number of benzene rings is 1. The lowest BCUT2D eigenvalue weighted by Gasteiger charge is -2.11. The molecule has 2 rings (SSSR count). The first-order valence-corrected chi connectivity index (χ1v) is 7.99. The number of anilines is 1. The van der Waals surface area contributed by atoms with Crippen LogP contribution in [0.2, 0.25) is 5.02 Å². The van der Waals surface area contributed by atoms with Crippen LogP contribution in [0.25, 0.3) is 0 Å². The Morgan fingerprint density at radius 3 is 3.05 bits per heavy atom. The second-order valence-corrected chi connectivity index (χ2v) is 5.85. The van der Waals surface area contributed by atoms with Crippen molar-refractivity contribution in [3.05, 3.63) is 23.2 Å². The van der Waals surface area contributed by atoms with Crippen molar-refractivity contribution in [2.45, 2.75) is 32.6 Å². The normalized spacial score (nSPS) is 17.7. The van der Waals surface area contributed by atoms with Crippen molar-refractivity contribution >= 4 is 23.2 Å². The quantitative estimate of drug-likeness (QED) is 0.811. The van der Waals surface area contributed by atoms with E-state index in [2.05, 4.69) is 10.6 Å². The summed E-state index contributed by atoms with van der Waals surface area (Å²) in [6, 6.07) is 5.36. The Balaban J connectivity index is 1.81. The van der Waals surface area contributed by atoms with Crippen molar-refractivity contribution in [2.75, 3.05) is 25.0 Å². The van der Waals surface area contributed by atoms with Gasteiger partial charge in [0.25, 0.3) is 0 Å². The zero-order valence-corrected chi connectivity index (χ0v) is 13.2. The van der Waals surface area contributed by atoms with Crippen LogP contribution in [-0.2, 0) is 4.79 Å². The average Bonchev–Trinajstić information content (AvgIpc) is 2.98. The Hall–Kier alpha value is -1.26. The van der Waals surface area contributed by atoms with E-state index in [0.717, 1.165) is 31.6 Å². The predicted molar refractivity (Wildman–Crippen MR) is 86.1 cm³/mol. The molecule has 5 heteroatoms. The molecule has 0 radical (unpaired) electrons. The zero-order chi connectivity index (χ0) is 15.1. The molecule has 1 aliphatic heterocycles. The van der Waals surface area contributed by atoms with E-state index in [1.54, 1.807) is 12.1 Å². The van der Waals surface area contributed by atoms with Gasteiger partial charge in [0, 0.05) is 12.1 Å². The number of rotatable bonds is 7. The van der Waals surface area contributed by atoms with E-state index in [-0.39, 0.29) is 5.91 Å². The minimum atomic E-state index is 0.0418. The fraction of sp³-hybridized carbons (Fsp3) is 0.562. The molecule has 1 atom stereocenters. The molecule has 1 aromatic carbocycles. The molecule has 0 aliphatic carbocycles. The van der Waals surface area contributed by atoms with Crippen LogP contribution in [0.1, 0.15) is 32.6 Å². The molecule has 0 aromatic heterocycles. The SMILES string of the molecule is CCCOc1ccc(NC(=O)CCC2CCNC2)cc1Cl. The topological polar surface area (TPSA) is 50.4 Å². The van der Waals surface area contributed by atoms with Crippen molar-refractivity contribution in [1.82, 2.24) is 5.32 Å². The van der Waals surface area contributed by atoms with Crippen molar-refractivity contribution in [1.29, 1.82) is 0 Å². The van der Waals surface area contributed by atoms with Crippen molar-refractivity contribution in [2.24, 2.45) is 5.92 Å². The minimum absolute atomic E-state index is 0.0418. The Morgan fingerprint density at radius 2 is 2.38 bits per heavy atom. The summed E-state index contributed by atoms with van der Waals surface area (Å²) in [7, 11) is 0. The first kappa shape index (κ1) is 16.1. The molecule has 2 N–H and O–H groups in total. The smallest absolute Gasteiger partial charge is 0.224 e. The summed E-state index contributed by atoms with van der Waals surface area (Å²) in [5.74, 6) is 1.33. The van der Waals surface area contributed by atoms with Crippen LogP contribution in [0.5, 0.6) is 5.75 Å². The van der Waals surface area contributed by atoms with Crippen LogP contribution >= 0.6 is 11.6 Å². The lowest BCUT2D eigenvalue weighted by Crippen LogP contribution is -2.15. The second kappa shape index (κ2) is 8.25. The van der Waals surface area contributed by atoms with E-state index in [1.807, 2.05) is 13.0 Å². The van der Waals surface area contributed by atoms with Crippen molar-refractivity contribution in [3.8, 4) is 5.75 Å². The number of carbonyl (C=O) groups excluding carboxylic acids is 1. The zero-order valence-electron chi connectivity index (χ0n) is 12.5. The van der Waals surface area contributed by atoms with Gasteiger partial charge < -0.3 is 15.4 Å². The summed E-state index contributed by atoms with van der Waals surface area (Å²) in [6.45, 7) is 4.78. The van der Waals surface area contributed by atoms with Gasteiger partial charge in [-0.2, -0.15) is 0 Å². The number of carbonyl (C=O) groups is 1. The Kier molecular flexibility index (Phi) is 6.33. The van der Waals surface area contributed by atoms with Crippen LogP contribution in [0.15, 0.2) is 18.2 Å². The van der Waals surface area contributed by atoms with Gasteiger partial charge in [-0.3, -0.25) is 4.79 Å². The van der Waals surface area contributed by atoms with Crippen LogP contribution in [0, 0.1) is 5.92 Å².